The maximum atomic E-state index is 10.0. The highest BCUT2D eigenvalue weighted by Crippen LogP contribution is 2.22. The fourth-order valence-electron chi connectivity index (χ4n) is 1.15. The summed E-state index contributed by atoms with van der Waals surface area (Å²) in [5.41, 5.74) is 0. The third-order valence-electron chi connectivity index (χ3n) is 1.96. The Balaban J connectivity index is 2.85. The van der Waals surface area contributed by atoms with E-state index in [2.05, 4.69) is 4.74 Å². The van der Waals surface area contributed by atoms with Gasteiger partial charge in [0.2, 0.25) is 5.76 Å². The highest BCUT2D eigenvalue weighted by Gasteiger charge is 2.45. The zero-order valence-electron chi connectivity index (χ0n) is 6.94. The monoisotopic (exact) mass is 206 g/mol. The SMILES string of the molecule is O=C=C(O)[C@H]1O[C@@H](O)[C@@H](O)[C@@H](O)[C@@H]1O. The van der Waals surface area contributed by atoms with Gasteiger partial charge >= 0.3 is 0 Å². The second kappa shape index (κ2) is 4.05. The van der Waals surface area contributed by atoms with Crippen LogP contribution in [0.25, 0.3) is 0 Å². The molecule has 0 aliphatic carbocycles. The Hall–Kier alpha value is -0.950. The van der Waals surface area contributed by atoms with Crippen LogP contribution in [-0.4, -0.2) is 62.2 Å². The molecule has 1 aliphatic heterocycles. The standard InChI is InChI=1S/C7H10O7/c8-1-2(9)6-4(11)3(10)5(12)7(13)14-6/h3-7,9-13H/t3-,4-,5-,6+,7+/m0/s1. The second-order valence-electron chi connectivity index (χ2n) is 2.91. The van der Waals surface area contributed by atoms with Crippen LogP contribution < -0.4 is 0 Å². The van der Waals surface area contributed by atoms with E-state index in [4.69, 9.17) is 20.4 Å². The zero-order chi connectivity index (χ0) is 10.9. The van der Waals surface area contributed by atoms with Crippen molar-refractivity contribution in [2.24, 2.45) is 0 Å². The summed E-state index contributed by atoms with van der Waals surface area (Å²) in [4.78, 5) is 10.0. The van der Waals surface area contributed by atoms with Gasteiger partial charge in [0.1, 0.15) is 18.3 Å². The molecule has 0 saturated carbocycles. The van der Waals surface area contributed by atoms with Crippen molar-refractivity contribution in [3.8, 4) is 0 Å². The first-order chi connectivity index (χ1) is 6.49. The van der Waals surface area contributed by atoms with E-state index >= 15 is 0 Å². The molecule has 80 valence electrons. The first kappa shape index (κ1) is 11.1. The maximum Gasteiger partial charge on any atom is 0.209 e. The Bertz CT molecular complexity index is 259. The van der Waals surface area contributed by atoms with Gasteiger partial charge in [0, 0.05) is 0 Å². The molecule has 0 aromatic carbocycles. The molecular weight excluding hydrogens is 196 g/mol. The molecule has 14 heavy (non-hydrogen) atoms. The van der Waals surface area contributed by atoms with E-state index in [-0.39, 0.29) is 0 Å². The number of hydrogen-bond donors (Lipinski definition) is 5. The molecule has 0 amide bonds. The third kappa shape index (κ3) is 1.78. The summed E-state index contributed by atoms with van der Waals surface area (Å²) in [6, 6.07) is 0. The maximum absolute atomic E-state index is 10.0. The molecule has 7 nitrogen and oxygen atoms in total. The number of hydrogen-bond acceptors (Lipinski definition) is 7. The van der Waals surface area contributed by atoms with Gasteiger partial charge in [-0.05, 0) is 0 Å². The first-order valence-corrected chi connectivity index (χ1v) is 3.80. The largest absolute Gasteiger partial charge is 0.500 e. The van der Waals surface area contributed by atoms with Crippen molar-refractivity contribution < 1.29 is 35.1 Å². The van der Waals surface area contributed by atoms with Gasteiger partial charge in [0.05, 0.1) is 0 Å². The molecule has 0 unspecified atom stereocenters. The van der Waals surface area contributed by atoms with Crippen LogP contribution in [0, 0.1) is 0 Å². The molecule has 1 aliphatic rings. The average Bonchev–Trinajstić information content (AvgIpc) is 2.19. The quantitative estimate of drug-likeness (QED) is 0.229. The highest BCUT2D eigenvalue weighted by molar-refractivity contribution is 5.50. The molecule has 0 bridgehead atoms. The van der Waals surface area contributed by atoms with E-state index < -0.39 is 36.5 Å². The lowest BCUT2D eigenvalue weighted by Gasteiger charge is -2.37. The molecule has 1 rings (SSSR count). The van der Waals surface area contributed by atoms with Gasteiger partial charge in [0.25, 0.3) is 0 Å². The van der Waals surface area contributed by atoms with Gasteiger partial charge in [-0.1, -0.05) is 0 Å². The van der Waals surface area contributed by atoms with Gasteiger partial charge in [-0.15, -0.1) is 0 Å². The van der Waals surface area contributed by atoms with Crippen molar-refractivity contribution in [3.63, 3.8) is 0 Å². The summed E-state index contributed by atoms with van der Waals surface area (Å²) in [5, 5.41) is 45.2. The summed E-state index contributed by atoms with van der Waals surface area (Å²) < 4.78 is 4.48. The van der Waals surface area contributed by atoms with E-state index in [0.717, 1.165) is 5.94 Å². The van der Waals surface area contributed by atoms with E-state index in [1.54, 1.807) is 0 Å². The van der Waals surface area contributed by atoms with Crippen LogP contribution >= 0.6 is 0 Å². The number of aliphatic hydroxyl groups excluding tert-OH is 5. The fourth-order valence-corrected chi connectivity index (χ4v) is 1.15. The highest BCUT2D eigenvalue weighted by atomic mass is 16.6. The lowest BCUT2D eigenvalue weighted by atomic mass is 9.98. The van der Waals surface area contributed by atoms with Gasteiger partial charge < -0.3 is 30.3 Å². The van der Waals surface area contributed by atoms with Gasteiger partial charge in [-0.2, -0.15) is 0 Å². The van der Waals surface area contributed by atoms with Crippen LogP contribution in [0.5, 0.6) is 0 Å². The Morgan fingerprint density at radius 2 is 1.64 bits per heavy atom. The van der Waals surface area contributed by atoms with Crippen molar-refractivity contribution in [3.05, 3.63) is 5.76 Å². The molecular formula is C7H10O7. The first-order valence-electron chi connectivity index (χ1n) is 3.80. The van der Waals surface area contributed by atoms with Crippen LogP contribution in [0.1, 0.15) is 0 Å². The van der Waals surface area contributed by atoms with Crippen molar-refractivity contribution >= 4 is 5.94 Å². The molecule has 7 heteroatoms. The molecule has 1 heterocycles. The Labute approximate surface area is 78.5 Å². The summed E-state index contributed by atoms with van der Waals surface area (Å²) in [5.74, 6) is 0.0706. The molecule has 0 aromatic heterocycles. The van der Waals surface area contributed by atoms with Crippen LogP contribution in [0.3, 0.4) is 0 Å². The van der Waals surface area contributed by atoms with Crippen molar-refractivity contribution in [1.82, 2.24) is 0 Å². The molecule has 1 fully saturated rings. The third-order valence-corrected chi connectivity index (χ3v) is 1.96. The number of aliphatic hydroxyl groups is 5. The number of rotatable bonds is 1. The minimum Gasteiger partial charge on any atom is -0.500 e. The van der Waals surface area contributed by atoms with E-state index in [1.807, 2.05) is 0 Å². The predicted molar refractivity (Wildman–Crippen MR) is 40.7 cm³/mol. The Kier molecular flexibility index (Phi) is 3.22. The van der Waals surface area contributed by atoms with Gasteiger partial charge in [0.15, 0.2) is 18.3 Å². The summed E-state index contributed by atoms with van der Waals surface area (Å²) in [7, 11) is 0. The average molecular weight is 206 g/mol. The van der Waals surface area contributed by atoms with E-state index in [1.165, 1.54) is 0 Å². The predicted octanol–water partition coefficient (Wildman–Crippen LogP) is -2.94. The Morgan fingerprint density at radius 1 is 1.07 bits per heavy atom. The Morgan fingerprint density at radius 3 is 2.14 bits per heavy atom. The fraction of sp³-hybridized carbons (Fsp3) is 0.714. The van der Waals surface area contributed by atoms with Crippen molar-refractivity contribution in [1.29, 1.82) is 0 Å². The molecule has 0 radical (unpaired) electrons. The van der Waals surface area contributed by atoms with Gasteiger partial charge in [-0.25, -0.2) is 4.79 Å². The van der Waals surface area contributed by atoms with Gasteiger partial charge in [-0.3, -0.25) is 0 Å². The lowest BCUT2D eigenvalue weighted by Crippen LogP contribution is -2.57. The summed E-state index contributed by atoms with van der Waals surface area (Å²) in [6.07, 6.45) is -8.47. The van der Waals surface area contributed by atoms with E-state index in [9.17, 15) is 9.90 Å². The molecule has 1 saturated heterocycles. The summed E-state index contributed by atoms with van der Waals surface area (Å²) >= 11 is 0. The second-order valence-corrected chi connectivity index (χ2v) is 2.91. The lowest BCUT2D eigenvalue weighted by molar-refractivity contribution is -0.277. The molecule has 0 spiro atoms. The molecule has 0 aromatic rings. The summed E-state index contributed by atoms with van der Waals surface area (Å²) in [6.45, 7) is 0. The van der Waals surface area contributed by atoms with Crippen molar-refractivity contribution in [2.45, 2.75) is 30.7 Å². The van der Waals surface area contributed by atoms with Crippen LogP contribution in [-0.2, 0) is 9.53 Å². The van der Waals surface area contributed by atoms with Crippen molar-refractivity contribution in [2.75, 3.05) is 0 Å². The zero-order valence-corrected chi connectivity index (χ0v) is 6.94. The molecule has 5 atom stereocenters. The smallest absolute Gasteiger partial charge is 0.209 e. The van der Waals surface area contributed by atoms with Crippen LogP contribution in [0.4, 0.5) is 0 Å². The van der Waals surface area contributed by atoms with Crippen LogP contribution in [0.2, 0.25) is 0 Å². The molecule has 5 N–H and O–H groups in total. The number of ether oxygens (including phenoxy) is 1. The topological polar surface area (TPSA) is 127 Å². The normalized spacial score (nSPS) is 43.0. The minimum atomic E-state index is -1.78. The van der Waals surface area contributed by atoms with E-state index in [0.29, 0.717) is 0 Å². The minimum absolute atomic E-state index is 0.984. The number of carbonyl (C=O) groups excluding carboxylic acids is 1. The van der Waals surface area contributed by atoms with Crippen LogP contribution in [0.15, 0.2) is 5.76 Å².